The van der Waals surface area contributed by atoms with Crippen LogP contribution in [-0.4, -0.2) is 51.9 Å². The molecule has 2 aliphatic rings. The van der Waals surface area contributed by atoms with Crippen LogP contribution in [0.3, 0.4) is 0 Å². The number of nitrogens with one attached hydrogen (secondary N) is 1. The number of fused-ring (bicyclic) bond motifs is 1. The van der Waals surface area contributed by atoms with Crippen molar-refractivity contribution in [3.63, 3.8) is 0 Å². The zero-order valence-corrected chi connectivity index (χ0v) is 20.2. The number of thioether (sulfide) groups is 1. The molecule has 0 aliphatic carbocycles. The molecule has 1 unspecified atom stereocenters. The van der Waals surface area contributed by atoms with Crippen molar-refractivity contribution >= 4 is 51.4 Å². The number of amidine groups is 1. The number of aromatic nitrogens is 2. The third-order valence-corrected chi connectivity index (χ3v) is 7.42. The topological polar surface area (TPSA) is 62.5 Å². The monoisotopic (exact) mass is 519 g/mol. The number of halogens is 4. The number of carbonyl (C=O) groups is 1. The summed E-state index contributed by atoms with van der Waals surface area (Å²) in [6.45, 7) is 1.62. The first-order valence-corrected chi connectivity index (χ1v) is 12.2. The second-order valence-corrected chi connectivity index (χ2v) is 9.90. The highest BCUT2D eigenvalue weighted by molar-refractivity contribution is 8.18. The predicted octanol–water partition coefficient (Wildman–Crippen LogP) is 5.02. The predicted molar refractivity (Wildman–Crippen MR) is 132 cm³/mol. The zero-order valence-electron chi connectivity index (χ0n) is 18.6. The average molecular weight is 520 g/mol. The number of likely N-dealkylation sites (tertiary alicyclic amines) is 1. The highest BCUT2D eigenvalue weighted by Crippen LogP contribution is 2.35. The molecule has 6 nitrogen and oxygen atoms in total. The van der Waals surface area contributed by atoms with Crippen molar-refractivity contribution in [3.8, 4) is 0 Å². The molecule has 3 aromatic rings. The minimum Gasteiger partial charge on any atom is -0.349 e. The first kappa shape index (κ1) is 23.9. The molecule has 1 saturated heterocycles. The first-order chi connectivity index (χ1) is 16.7. The van der Waals surface area contributed by atoms with Gasteiger partial charge in [0.25, 0.3) is 5.91 Å². The van der Waals surface area contributed by atoms with Gasteiger partial charge in [-0.1, -0.05) is 23.7 Å². The van der Waals surface area contributed by atoms with Gasteiger partial charge in [-0.25, -0.2) is 0 Å². The maximum Gasteiger partial charge on any atom is 0.416 e. The fraction of sp³-hybridized carbons (Fsp3) is 0.292. The maximum atomic E-state index is 13.5. The van der Waals surface area contributed by atoms with Crippen LogP contribution in [-0.2, 0) is 17.5 Å². The fourth-order valence-corrected chi connectivity index (χ4v) is 5.41. The number of hydrogen-bond donors (Lipinski definition) is 1. The summed E-state index contributed by atoms with van der Waals surface area (Å²) < 4.78 is 41.9. The van der Waals surface area contributed by atoms with Gasteiger partial charge in [0.15, 0.2) is 5.17 Å². The molecular formula is C24H21ClF3N5OS. The zero-order chi connectivity index (χ0) is 24.7. The molecule has 0 spiro atoms. The van der Waals surface area contributed by atoms with Crippen LogP contribution < -0.4 is 5.32 Å². The molecule has 2 aromatic carbocycles. The number of rotatable bonds is 4. The van der Waals surface area contributed by atoms with Gasteiger partial charge in [0.05, 0.1) is 28.7 Å². The van der Waals surface area contributed by atoms with E-state index >= 15 is 0 Å². The van der Waals surface area contributed by atoms with E-state index in [0.717, 1.165) is 41.7 Å². The molecule has 0 bridgehead atoms. The molecule has 11 heteroatoms. The summed E-state index contributed by atoms with van der Waals surface area (Å²) in [6, 6.07) is 9.60. The summed E-state index contributed by atoms with van der Waals surface area (Å²) in [7, 11) is 1.93. The van der Waals surface area contributed by atoms with Crippen molar-refractivity contribution in [2.45, 2.75) is 25.2 Å². The van der Waals surface area contributed by atoms with E-state index in [1.807, 2.05) is 19.2 Å². The Morgan fingerprint density at radius 2 is 2.09 bits per heavy atom. The van der Waals surface area contributed by atoms with E-state index in [2.05, 4.69) is 20.3 Å². The molecule has 0 radical (unpaired) electrons. The Morgan fingerprint density at radius 3 is 2.83 bits per heavy atom. The standard InChI is InChI=1S/C24H21ClF3N5OS/c1-29-18-6-7-32(13-18)23-31-22(34)21(35-23)9-14-2-5-20-16(8-14)11-30-33(20)12-15-3-4-17(25)10-19(15)24(26,27)28/h2-5,8-11,18,29H,6-7,12-13H2,1H3/b21-9-. The van der Waals surface area contributed by atoms with Gasteiger partial charge in [-0.15, -0.1) is 0 Å². The largest absolute Gasteiger partial charge is 0.416 e. The minimum atomic E-state index is -4.52. The van der Waals surface area contributed by atoms with Crippen molar-refractivity contribution in [3.05, 3.63) is 69.2 Å². The van der Waals surface area contributed by atoms with Gasteiger partial charge in [-0.05, 0) is 66.7 Å². The van der Waals surface area contributed by atoms with Crippen LogP contribution in [0.15, 0.2) is 52.5 Å². The van der Waals surface area contributed by atoms with Gasteiger partial charge in [0.1, 0.15) is 0 Å². The molecule has 1 atom stereocenters. The van der Waals surface area contributed by atoms with E-state index in [0.29, 0.717) is 16.5 Å². The Hall–Kier alpha value is -2.82. The van der Waals surface area contributed by atoms with E-state index in [1.165, 1.54) is 28.6 Å². The number of nitrogens with zero attached hydrogens (tertiary/aromatic N) is 4. The quantitative estimate of drug-likeness (QED) is 0.490. The normalized spacial score (nSPS) is 19.9. The van der Waals surface area contributed by atoms with Crippen LogP contribution in [0.4, 0.5) is 13.2 Å². The molecule has 1 amide bonds. The smallest absolute Gasteiger partial charge is 0.349 e. The van der Waals surface area contributed by atoms with E-state index in [1.54, 1.807) is 18.3 Å². The van der Waals surface area contributed by atoms with Crippen molar-refractivity contribution in [1.82, 2.24) is 20.0 Å². The van der Waals surface area contributed by atoms with Gasteiger partial charge >= 0.3 is 6.18 Å². The second-order valence-electron chi connectivity index (χ2n) is 8.45. The molecule has 1 N–H and O–H groups in total. The van der Waals surface area contributed by atoms with Gasteiger partial charge in [-0.2, -0.15) is 23.3 Å². The number of alkyl halides is 3. The summed E-state index contributed by atoms with van der Waals surface area (Å²) in [5, 5.41) is 9.05. The van der Waals surface area contributed by atoms with Crippen molar-refractivity contribution in [2.24, 2.45) is 4.99 Å². The van der Waals surface area contributed by atoms with E-state index in [9.17, 15) is 18.0 Å². The number of hydrogen-bond acceptors (Lipinski definition) is 5. The second kappa shape index (κ2) is 9.33. The lowest BCUT2D eigenvalue weighted by Gasteiger charge is -2.16. The number of likely N-dealkylation sites (N-methyl/N-ethyl adjacent to an activating group) is 1. The molecule has 1 fully saturated rings. The van der Waals surface area contributed by atoms with Gasteiger partial charge in [-0.3, -0.25) is 9.48 Å². The highest BCUT2D eigenvalue weighted by Gasteiger charge is 2.34. The van der Waals surface area contributed by atoms with Crippen LogP contribution >= 0.6 is 23.4 Å². The van der Waals surface area contributed by atoms with Crippen molar-refractivity contribution in [2.75, 3.05) is 20.1 Å². The highest BCUT2D eigenvalue weighted by atomic mass is 35.5. The maximum absolute atomic E-state index is 13.5. The van der Waals surface area contributed by atoms with Crippen LogP contribution in [0.5, 0.6) is 0 Å². The van der Waals surface area contributed by atoms with Gasteiger partial charge < -0.3 is 10.2 Å². The van der Waals surface area contributed by atoms with Crippen LogP contribution in [0.1, 0.15) is 23.1 Å². The van der Waals surface area contributed by atoms with Gasteiger partial charge in [0.2, 0.25) is 0 Å². The molecule has 2 aliphatic heterocycles. The molecule has 182 valence electrons. The summed E-state index contributed by atoms with van der Waals surface area (Å²) in [4.78, 5) is 19.3. The molecule has 35 heavy (non-hydrogen) atoms. The van der Waals surface area contributed by atoms with E-state index < -0.39 is 11.7 Å². The van der Waals surface area contributed by atoms with Gasteiger partial charge in [0, 0.05) is 29.5 Å². The van der Waals surface area contributed by atoms with E-state index in [4.69, 9.17) is 11.6 Å². The van der Waals surface area contributed by atoms with Crippen LogP contribution in [0, 0.1) is 0 Å². The lowest BCUT2D eigenvalue weighted by Crippen LogP contribution is -2.31. The van der Waals surface area contributed by atoms with Crippen molar-refractivity contribution in [1.29, 1.82) is 0 Å². The average Bonchev–Trinajstić information content (AvgIpc) is 3.53. The Bertz CT molecular complexity index is 1370. The number of amides is 1. The minimum absolute atomic E-state index is 0.0297. The lowest BCUT2D eigenvalue weighted by atomic mass is 10.1. The molecule has 1 aromatic heterocycles. The molecular weight excluding hydrogens is 499 g/mol. The third kappa shape index (κ3) is 4.96. The number of aliphatic imine (C=N–C) groups is 1. The third-order valence-electron chi connectivity index (χ3n) is 6.14. The van der Waals surface area contributed by atoms with Crippen LogP contribution in [0.2, 0.25) is 5.02 Å². The molecule has 5 rings (SSSR count). The lowest BCUT2D eigenvalue weighted by molar-refractivity contribution is -0.138. The SMILES string of the molecule is CNC1CCN(C2=NC(=O)/C(=C/c3ccc4c(cnn4Cc4ccc(Cl)cc4C(F)(F)F)c3)S2)C1. The molecule has 0 saturated carbocycles. The summed E-state index contributed by atoms with van der Waals surface area (Å²) >= 11 is 7.15. The Labute approximate surface area is 208 Å². The summed E-state index contributed by atoms with van der Waals surface area (Å²) in [5.41, 5.74) is 0.786. The van der Waals surface area contributed by atoms with Crippen LogP contribution in [0.25, 0.3) is 17.0 Å². The Balaban J connectivity index is 1.36. The summed E-state index contributed by atoms with van der Waals surface area (Å²) in [6.07, 6.45) is -0.122. The first-order valence-electron chi connectivity index (χ1n) is 11.0. The van der Waals surface area contributed by atoms with Crippen molar-refractivity contribution < 1.29 is 18.0 Å². The Kier molecular flexibility index (Phi) is 6.37. The number of benzene rings is 2. The molecule has 3 heterocycles. The summed E-state index contributed by atoms with van der Waals surface area (Å²) in [5.74, 6) is -0.267. The Morgan fingerprint density at radius 1 is 1.26 bits per heavy atom. The number of carbonyl (C=O) groups excluding carboxylic acids is 1. The van der Waals surface area contributed by atoms with E-state index in [-0.39, 0.29) is 23.0 Å². The fourth-order valence-electron chi connectivity index (χ4n) is 4.29.